The maximum Gasteiger partial charge on any atom is 0.110 e. The molecule has 0 spiro atoms. The minimum absolute atomic E-state index is 0.130. The molecule has 1 saturated carbocycles. The second-order valence-corrected chi connectivity index (χ2v) is 10.4. The van der Waals surface area contributed by atoms with E-state index in [0.717, 1.165) is 56.7 Å². The lowest BCUT2D eigenvalue weighted by atomic mass is 9.75. The van der Waals surface area contributed by atoms with Gasteiger partial charge in [-0.3, -0.25) is 9.98 Å². The maximum atomic E-state index is 6.05. The Morgan fingerprint density at radius 2 is 1.74 bits per heavy atom. The van der Waals surface area contributed by atoms with Gasteiger partial charge in [0.05, 0.1) is 17.5 Å². The summed E-state index contributed by atoms with van der Waals surface area (Å²) < 4.78 is 0. The van der Waals surface area contributed by atoms with Crippen LogP contribution in [0.2, 0.25) is 0 Å². The molecular weight excluding hydrogens is 434 g/mol. The molecule has 5 heteroatoms. The highest BCUT2D eigenvalue weighted by atomic mass is 17.2. The lowest BCUT2D eigenvalue weighted by molar-refractivity contribution is -0.354. The molecule has 5 nitrogen and oxygen atoms in total. The molecule has 5 rings (SSSR count). The average molecular weight is 470 g/mol. The van der Waals surface area contributed by atoms with E-state index in [2.05, 4.69) is 74.1 Å². The number of fused-ring (bicyclic) bond motifs is 1. The summed E-state index contributed by atoms with van der Waals surface area (Å²) in [5.41, 5.74) is 9.31. The van der Waals surface area contributed by atoms with Gasteiger partial charge < -0.3 is 4.98 Å². The van der Waals surface area contributed by atoms with Crippen molar-refractivity contribution in [2.75, 3.05) is 0 Å². The first-order valence-electron chi connectivity index (χ1n) is 12.7. The second kappa shape index (κ2) is 9.92. The summed E-state index contributed by atoms with van der Waals surface area (Å²) >= 11 is 0. The summed E-state index contributed by atoms with van der Waals surface area (Å²) in [6.45, 7) is 11.4. The van der Waals surface area contributed by atoms with E-state index < -0.39 is 0 Å². The van der Waals surface area contributed by atoms with Crippen LogP contribution in [0.4, 0.5) is 0 Å². The minimum Gasteiger partial charge on any atom is -0.358 e. The minimum atomic E-state index is 0.130. The van der Waals surface area contributed by atoms with Gasteiger partial charge in [-0.25, -0.2) is 9.78 Å². The van der Waals surface area contributed by atoms with Crippen molar-refractivity contribution in [1.29, 1.82) is 0 Å². The van der Waals surface area contributed by atoms with E-state index in [1.54, 1.807) is 0 Å². The largest absolute Gasteiger partial charge is 0.358 e. The Hall–Kier alpha value is -3.02. The summed E-state index contributed by atoms with van der Waals surface area (Å²) in [4.78, 5) is 25.0. The van der Waals surface area contributed by atoms with Gasteiger partial charge in [0.15, 0.2) is 0 Å². The van der Waals surface area contributed by atoms with Crippen molar-refractivity contribution in [2.24, 2.45) is 22.7 Å². The molecule has 2 atom stereocenters. The van der Waals surface area contributed by atoms with E-state index in [1.807, 2.05) is 25.3 Å². The van der Waals surface area contributed by atoms with Crippen molar-refractivity contribution in [3.8, 4) is 11.1 Å². The van der Waals surface area contributed by atoms with Crippen molar-refractivity contribution >= 4 is 17.5 Å². The van der Waals surface area contributed by atoms with E-state index in [4.69, 9.17) is 14.8 Å². The molecule has 1 aromatic carbocycles. The summed E-state index contributed by atoms with van der Waals surface area (Å²) in [5.74, 6) is 1.73. The van der Waals surface area contributed by atoms with Crippen LogP contribution in [-0.4, -0.2) is 21.8 Å². The normalized spacial score (nSPS) is 25.1. The lowest BCUT2D eigenvalue weighted by Gasteiger charge is -2.36. The van der Waals surface area contributed by atoms with Crippen molar-refractivity contribution in [3.63, 3.8) is 0 Å². The summed E-state index contributed by atoms with van der Waals surface area (Å²) in [6, 6.07) is 14.5. The summed E-state index contributed by atoms with van der Waals surface area (Å²) in [6.07, 6.45) is 6.43. The first-order chi connectivity index (χ1) is 16.9. The van der Waals surface area contributed by atoms with Crippen LogP contribution in [0.15, 0.2) is 53.7 Å². The van der Waals surface area contributed by atoms with Crippen LogP contribution in [0.3, 0.4) is 0 Å². The molecule has 1 fully saturated rings. The predicted octanol–water partition coefficient (Wildman–Crippen LogP) is 7.22. The highest BCUT2D eigenvalue weighted by Crippen LogP contribution is 2.37. The molecule has 1 N–H and O–H groups in total. The number of pyridine rings is 1. The number of hydrogen-bond acceptors (Lipinski definition) is 4. The van der Waals surface area contributed by atoms with Gasteiger partial charge in [0, 0.05) is 40.0 Å². The van der Waals surface area contributed by atoms with E-state index >= 15 is 0 Å². The number of aromatic nitrogens is 2. The topological polar surface area (TPSA) is 59.5 Å². The zero-order chi connectivity index (χ0) is 24.5. The lowest BCUT2D eigenvalue weighted by Crippen LogP contribution is -2.35. The number of aryl methyl sites for hydroxylation is 1. The molecule has 3 heterocycles. The number of aromatic amines is 1. The highest BCUT2D eigenvalue weighted by Gasteiger charge is 2.33. The zero-order valence-corrected chi connectivity index (χ0v) is 21.3. The van der Waals surface area contributed by atoms with Gasteiger partial charge >= 0.3 is 0 Å². The molecule has 2 aliphatic rings. The number of H-pyrrole nitrogens is 1. The van der Waals surface area contributed by atoms with Crippen molar-refractivity contribution in [1.82, 2.24) is 9.97 Å². The SMILES string of the molecule is CC1=NC(=Cc2[nH]c(C)c(COOC3C(C)CC(C)CC3C)c2-c2ccccc2)c2ncccc21. The van der Waals surface area contributed by atoms with Crippen LogP contribution in [0.25, 0.3) is 22.9 Å². The van der Waals surface area contributed by atoms with Crippen LogP contribution in [-0.2, 0) is 16.4 Å². The predicted molar refractivity (Wildman–Crippen MR) is 142 cm³/mol. The van der Waals surface area contributed by atoms with E-state index in [9.17, 15) is 0 Å². The van der Waals surface area contributed by atoms with Crippen LogP contribution in [0, 0.1) is 24.7 Å². The maximum absolute atomic E-state index is 6.05. The van der Waals surface area contributed by atoms with Crippen molar-refractivity contribution in [3.05, 3.63) is 76.9 Å². The third-order valence-electron chi connectivity index (χ3n) is 7.47. The Morgan fingerprint density at radius 3 is 2.49 bits per heavy atom. The van der Waals surface area contributed by atoms with Gasteiger partial charge in [0.25, 0.3) is 0 Å². The van der Waals surface area contributed by atoms with Gasteiger partial charge in [-0.05, 0) is 68.2 Å². The second-order valence-electron chi connectivity index (χ2n) is 10.4. The molecule has 35 heavy (non-hydrogen) atoms. The Kier molecular flexibility index (Phi) is 6.72. The number of nitrogens with one attached hydrogen (secondary N) is 1. The molecule has 0 amide bonds. The van der Waals surface area contributed by atoms with Gasteiger partial charge in [-0.15, -0.1) is 0 Å². The molecule has 0 saturated heterocycles. The molecule has 0 bridgehead atoms. The molecule has 1 aliphatic heterocycles. The average Bonchev–Trinajstić information content (AvgIpc) is 3.32. The van der Waals surface area contributed by atoms with E-state index in [-0.39, 0.29) is 6.10 Å². The fourth-order valence-electron chi connectivity index (χ4n) is 5.90. The number of aliphatic imine (C=N–C) groups is 1. The van der Waals surface area contributed by atoms with Gasteiger partial charge in [-0.2, -0.15) is 0 Å². The van der Waals surface area contributed by atoms with Crippen molar-refractivity contribution < 1.29 is 9.78 Å². The standard InChI is InChI=1S/C30H35N3O2/c1-18-14-19(2)30(20(3)15-18)35-34-17-25-22(5)32-26(28(25)23-10-7-6-8-11-23)16-27-29-24(21(4)33-27)12-9-13-31-29/h6-13,16,18-20,30,32H,14-15,17H2,1-5H3. The molecule has 2 aromatic heterocycles. The van der Waals surface area contributed by atoms with E-state index in [1.165, 1.54) is 12.8 Å². The smallest absolute Gasteiger partial charge is 0.110 e. The molecule has 3 aromatic rings. The van der Waals surface area contributed by atoms with Crippen molar-refractivity contribution in [2.45, 2.75) is 60.2 Å². The van der Waals surface area contributed by atoms with Gasteiger partial charge in [0.2, 0.25) is 0 Å². The van der Waals surface area contributed by atoms with Crippen LogP contribution in [0.1, 0.15) is 68.7 Å². The highest BCUT2D eigenvalue weighted by molar-refractivity contribution is 6.11. The molecular formula is C30H35N3O2. The van der Waals surface area contributed by atoms with Crippen LogP contribution < -0.4 is 0 Å². The fraction of sp³-hybridized carbons (Fsp3) is 0.400. The van der Waals surface area contributed by atoms with Gasteiger partial charge in [-0.1, -0.05) is 51.1 Å². The zero-order valence-electron chi connectivity index (χ0n) is 21.3. The van der Waals surface area contributed by atoms with E-state index in [0.29, 0.717) is 18.4 Å². The number of rotatable bonds is 6. The monoisotopic (exact) mass is 469 g/mol. The first-order valence-corrected chi connectivity index (χ1v) is 12.7. The quantitative estimate of drug-likeness (QED) is 0.306. The van der Waals surface area contributed by atoms with Crippen LogP contribution >= 0.6 is 0 Å². The third-order valence-corrected chi connectivity index (χ3v) is 7.47. The van der Waals surface area contributed by atoms with Crippen LogP contribution in [0.5, 0.6) is 0 Å². The molecule has 2 unspecified atom stereocenters. The Labute approximate surface area is 208 Å². The number of hydrogen-bond donors (Lipinski definition) is 1. The molecule has 0 radical (unpaired) electrons. The first kappa shape index (κ1) is 23.7. The Bertz CT molecular complexity index is 1250. The molecule has 1 aliphatic carbocycles. The number of benzene rings is 1. The summed E-state index contributed by atoms with van der Waals surface area (Å²) in [5, 5.41) is 0. The van der Waals surface area contributed by atoms with Gasteiger partial charge in [0.1, 0.15) is 6.61 Å². The molecule has 182 valence electrons. The third kappa shape index (κ3) is 4.75. The Balaban J connectivity index is 1.46. The Morgan fingerprint density at radius 1 is 1.00 bits per heavy atom. The number of nitrogens with zero attached hydrogens (tertiary/aromatic N) is 2. The summed E-state index contributed by atoms with van der Waals surface area (Å²) in [7, 11) is 0. The fourth-order valence-corrected chi connectivity index (χ4v) is 5.90.